The first-order valence-corrected chi connectivity index (χ1v) is 10.6. The van der Waals surface area contributed by atoms with Gasteiger partial charge in [0.05, 0.1) is 31.1 Å². The Bertz CT molecular complexity index is 1040. The van der Waals surface area contributed by atoms with Crippen LogP contribution < -0.4 is 5.32 Å². The minimum Gasteiger partial charge on any atom is -0.379 e. The number of nitrogens with zero attached hydrogens (tertiary/aromatic N) is 3. The van der Waals surface area contributed by atoms with E-state index >= 15 is 0 Å². The Labute approximate surface area is 176 Å². The maximum atomic E-state index is 12.7. The molecule has 1 aromatic heterocycles. The fourth-order valence-corrected chi connectivity index (χ4v) is 4.25. The van der Waals surface area contributed by atoms with Gasteiger partial charge in [-0.2, -0.15) is 5.10 Å². The molecule has 1 aliphatic heterocycles. The molecule has 0 saturated carbocycles. The summed E-state index contributed by atoms with van der Waals surface area (Å²) in [5.74, 6) is 0.657. The number of nitrogens with one attached hydrogen (secondary N) is 1. The Morgan fingerprint density at radius 3 is 2.63 bits per heavy atom. The monoisotopic (exact) mass is 402 g/mol. The second-order valence-electron chi connectivity index (χ2n) is 7.94. The van der Waals surface area contributed by atoms with Crippen LogP contribution in [0.15, 0.2) is 54.6 Å². The van der Waals surface area contributed by atoms with E-state index in [2.05, 4.69) is 28.4 Å². The smallest absolute Gasteiger partial charge is 0.239 e. The summed E-state index contributed by atoms with van der Waals surface area (Å²) in [6.07, 6.45) is 3.52. The van der Waals surface area contributed by atoms with E-state index in [9.17, 15) is 4.79 Å². The summed E-state index contributed by atoms with van der Waals surface area (Å²) in [5, 5.41) is 7.92. The van der Waals surface area contributed by atoms with Crippen LogP contribution >= 0.6 is 0 Å². The summed E-state index contributed by atoms with van der Waals surface area (Å²) in [5.41, 5.74) is 5.75. The Balaban J connectivity index is 1.44. The van der Waals surface area contributed by atoms with E-state index in [0.717, 1.165) is 42.9 Å². The third-order valence-electron chi connectivity index (χ3n) is 5.84. The van der Waals surface area contributed by atoms with Crippen LogP contribution in [-0.2, 0) is 22.4 Å². The summed E-state index contributed by atoms with van der Waals surface area (Å²) in [6, 6.07) is 18.5. The van der Waals surface area contributed by atoms with Gasteiger partial charge in [-0.1, -0.05) is 30.3 Å². The number of ether oxygens (including phenoxy) is 1. The lowest BCUT2D eigenvalue weighted by atomic mass is 10.0. The summed E-state index contributed by atoms with van der Waals surface area (Å²) >= 11 is 0. The summed E-state index contributed by atoms with van der Waals surface area (Å²) < 4.78 is 7.19. The number of para-hydroxylation sites is 1. The number of fused-ring (bicyclic) bond motifs is 1. The highest BCUT2D eigenvalue weighted by Crippen LogP contribution is 2.30. The van der Waals surface area contributed by atoms with Crippen LogP contribution in [0.3, 0.4) is 0 Å². The molecule has 1 saturated heterocycles. The number of aryl methyl sites for hydroxylation is 2. The highest BCUT2D eigenvalue weighted by Gasteiger charge is 2.18. The van der Waals surface area contributed by atoms with Gasteiger partial charge >= 0.3 is 0 Å². The van der Waals surface area contributed by atoms with E-state index in [1.54, 1.807) is 0 Å². The lowest BCUT2D eigenvalue weighted by Gasteiger charge is -2.25. The van der Waals surface area contributed by atoms with Crippen LogP contribution in [0.25, 0.3) is 16.9 Å². The molecule has 0 unspecified atom stereocenters. The minimum absolute atomic E-state index is 0.0329. The molecule has 2 aromatic carbocycles. The van der Waals surface area contributed by atoms with Crippen molar-refractivity contribution in [3.8, 4) is 16.9 Å². The molecule has 6 nitrogen and oxygen atoms in total. The van der Waals surface area contributed by atoms with Crippen molar-refractivity contribution in [2.45, 2.75) is 19.3 Å². The molecule has 0 atom stereocenters. The highest BCUT2D eigenvalue weighted by atomic mass is 16.5. The standard InChI is InChI=1S/C24H26N4O2/c29-24(17-27-11-13-30-14-12-27)25-23-16-22(26-28(23)21-7-2-1-3-8-21)20-10-9-18-5-4-6-19(18)15-20/h1-3,7-10,15-16H,4-6,11-14,17H2,(H,25,29). The van der Waals surface area contributed by atoms with Crippen LogP contribution in [-0.4, -0.2) is 53.4 Å². The first-order chi connectivity index (χ1) is 14.8. The number of aromatic nitrogens is 2. The van der Waals surface area contributed by atoms with E-state index in [4.69, 9.17) is 9.84 Å². The topological polar surface area (TPSA) is 59.4 Å². The Hall–Kier alpha value is -2.96. The van der Waals surface area contributed by atoms with E-state index in [0.29, 0.717) is 25.6 Å². The maximum absolute atomic E-state index is 12.7. The molecule has 0 radical (unpaired) electrons. The highest BCUT2D eigenvalue weighted by molar-refractivity contribution is 5.92. The van der Waals surface area contributed by atoms with Crippen LogP contribution in [0.2, 0.25) is 0 Å². The average molecular weight is 402 g/mol. The van der Waals surface area contributed by atoms with E-state index in [1.165, 1.54) is 17.5 Å². The molecule has 154 valence electrons. The molecule has 1 aliphatic carbocycles. The molecule has 0 bridgehead atoms. The van der Waals surface area contributed by atoms with Gasteiger partial charge in [-0.05, 0) is 48.6 Å². The van der Waals surface area contributed by atoms with Crippen molar-refractivity contribution in [1.82, 2.24) is 14.7 Å². The van der Waals surface area contributed by atoms with Gasteiger partial charge in [0.1, 0.15) is 5.82 Å². The molecule has 2 heterocycles. The molecule has 1 N–H and O–H groups in total. The number of hydrogen-bond donors (Lipinski definition) is 1. The Kier molecular flexibility index (Phi) is 5.34. The summed E-state index contributed by atoms with van der Waals surface area (Å²) in [6.45, 7) is 3.28. The number of anilines is 1. The molecule has 5 rings (SSSR count). The lowest BCUT2D eigenvalue weighted by Crippen LogP contribution is -2.41. The Morgan fingerprint density at radius 2 is 1.80 bits per heavy atom. The van der Waals surface area contributed by atoms with Crippen LogP contribution in [0.5, 0.6) is 0 Å². The summed E-state index contributed by atoms with van der Waals surface area (Å²) in [4.78, 5) is 14.8. The van der Waals surface area contributed by atoms with E-state index < -0.39 is 0 Å². The van der Waals surface area contributed by atoms with Gasteiger partial charge in [-0.15, -0.1) is 0 Å². The zero-order chi connectivity index (χ0) is 20.3. The van der Waals surface area contributed by atoms with Gasteiger partial charge in [0.25, 0.3) is 0 Å². The van der Waals surface area contributed by atoms with Gasteiger partial charge < -0.3 is 10.1 Å². The number of hydrogen-bond acceptors (Lipinski definition) is 4. The number of carbonyl (C=O) groups excluding carboxylic acids is 1. The number of benzene rings is 2. The minimum atomic E-state index is -0.0329. The van der Waals surface area contributed by atoms with Gasteiger partial charge in [-0.3, -0.25) is 9.69 Å². The molecule has 3 aromatic rings. The molecule has 30 heavy (non-hydrogen) atoms. The molecular formula is C24H26N4O2. The molecule has 0 spiro atoms. The average Bonchev–Trinajstić information content (AvgIpc) is 3.41. The van der Waals surface area contributed by atoms with E-state index in [1.807, 2.05) is 41.1 Å². The second kappa shape index (κ2) is 8.42. The van der Waals surface area contributed by atoms with Crippen molar-refractivity contribution >= 4 is 11.7 Å². The second-order valence-corrected chi connectivity index (χ2v) is 7.94. The lowest BCUT2D eigenvalue weighted by molar-refractivity contribution is -0.118. The molecule has 6 heteroatoms. The fourth-order valence-electron chi connectivity index (χ4n) is 4.25. The van der Waals surface area contributed by atoms with Gasteiger partial charge in [0, 0.05) is 24.7 Å². The van der Waals surface area contributed by atoms with Crippen molar-refractivity contribution in [2.24, 2.45) is 0 Å². The van der Waals surface area contributed by atoms with Crippen molar-refractivity contribution in [3.63, 3.8) is 0 Å². The zero-order valence-corrected chi connectivity index (χ0v) is 17.0. The van der Waals surface area contributed by atoms with Crippen molar-refractivity contribution in [3.05, 3.63) is 65.7 Å². The molecular weight excluding hydrogens is 376 g/mol. The maximum Gasteiger partial charge on any atom is 0.239 e. The van der Waals surface area contributed by atoms with Crippen molar-refractivity contribution in [2.75, 3.05) is 38.2 Å². The van der Waals surface area contributed by atoms with Gasteiger partial charge in [-0.25, -0.2) is 4.68 Å². The van der Waals surface area contributed by atoms with Gasteiger partial charge in [0.2, 0.25) is 5.91 Å². The third-order valence-corrected chi connectivity index (χ3v) is 5.84. The quantitative estimate of drug-likeness (QED) is 0.711. The largest absolute Gasteiger partial charge is 0.379 e. The fraction of sp³-hybridized carbons (Fsp3) is 0.333. The van der Waals surface area contributed by atoms with Crippen molar-refractivity contribution < 1.29 is 9.53 Å². The molecule has 2 aliphatic rings. The van der Waals surface area contributed by atoms with Crippen LogP contribution in [0.1, 0.15) is 17.5 Å². The SMILES string of the molecule is O=C(CN1CCOCC1)Nc1cc(-c2ccc3c(c2)CCC3)nn1-c1ccccc1. The number of amides is 1. The van der Waals surface area contributed by atoms with Crippen molar-refractivity contribution in [1.29, 1.82) is 0 Å². The van der Waals surface area contributed by atoms with Crippen LogP contribution in [0.4, 0.5) is 5.82 Å². The number of rotatable bonds is 5. The normalized spacial score (nSPS) is 16.4. The summed E-state index contributed by atoms with van der Waals surface area (Å²) in [7, 11) is 0. The number of morpholine rings is 1. The van der Waals surface area contributed by atoms with Gasteiger partial charge in [0.15, 0.2) is 0 Å². The molecule has 1 fully saturated rings. The predicted molar refractivity (Wildman–Crippen MR) is 117 cm³/mol. The van der Waals surface area contributed by atoms with E-state index in [-0.39, 0.29) is 5.91 Å². The number of carbonyl (C=O) groups is 1. The van der Waals surface area contributed by atoms with Crippen LogP contribution in [0, 0.1) is 0 Å². The Morgan fingerprint density at radius 1 is 1.00 bits per heavy atom. The molecule has 1 amide bonds. The predicted octanol–water partition coefficient (Wildman–Crippen LogP) is 3.30. The first-order valence-electron chi connectivity index (χ1n) is 10.6. The first kappa shape index (κ1) is 19.0. The third kappa shape index (κ3) is 4.01. The zero-order valence-electron chi connectivity index (χ0n) is 17.0.